The summed E-state index contributed by atoms with van der Waals surface area (Å²) in [6.07, 6.45) is 2.50. The minimum atomic E-state index is 0.536. The lowest BCUT2D eigenvalue weighted by Crippen LogP contribution is -2.21. The van der Waals surface area contributed by atoms with Crippen LogP contribution in [0.5, 0.6) is 0 Å². The zero-order chi connectivity index (χ0) is 20.2. The highest BCUT2D eigenvalue weighted by Crippen LogP contribution is 2.26. The average Bonchev–Trinajstić information content (AvgIpc) is 3.55. The number of rotatable bonds is 7. The molecule has 0 aliphatic carbocycles. The Hall–Kier alpha value is -2.97. The fraction of sp³-hybridized carbons (Fsp3) is 0.273. The van der Waals surface area contributed by atoms with Gasteiger partial charge in [0.1, 0.15) is 0 Å². The SMILES string of the molecule is c1ccc(-c2noc(CSc3nnc(CN4CCCC4)n3-c3ccccc3)n2)cc1. The largest absolute Gasteiger partial charge is 0.338 e. The van der Waals surface area contributed by atoms with Crippen LogP contribution in [0.25, 0.3) is 17.1 Å². The monoisotopic (exact) mass is 418 g/mol. The number of nitrogens with zero attached hydrogens (tertiary/aromatic N) is 6. The first kappa shape index (κ1) is 19.0. The van der Waals surface area contributed by atoms with E-state index in [4.69, 9.17) is 4.52 Å². The molecule has 0 unspecified atom stereocenters. The summed E-state index contributed by atoms with van der Waals surface area (Å²) in [6.45, 7) is 3.05. The van der Waals surface area contributed by atoms with Gasteiger partial charge in [0.05, 0.1) is 12.3 Å². The zero-order valence-electron chi connectivity index (χ0n) is 16.5. The van der Waals surface area contributed by atoms with E-state index in [2.05, 4.69) is 41.9 Å². The van der Waals surface area contributed by atoms with Crippen LogP contribution >= 0.6 is 11.8 Å². The van der Waals surface area contributed by atoms with Crippen LogP contribution in [0.1, 0.15) is 24.6 Å². The minimum absolute atomic E-state index is 0.536. The van der Waals surface area contributed by atoms with E-state index < -0.39 is 0 Å². The van der Waals surface area contributed by atoms with Gasteiger partial charge in [0, 0.05) is 11.3 Å². The topological polar surface area (TPSA) is 72.9 Å². The summed E-state index contributed by atoms with van der Waals surface area (Å²) in [5.41, 5.74) is 2.01. The van der Waals surface area contributed by atoms with E-state index in [-0.39, 0.29) is 0 Å². The van der Waals surface area contributed by atoms with Crippen molar-refractivity contribution in [3.8, 4) is 17.1 Å². The van der Waals surface area contributed by atoms with Crippen molar-refractivity contribution in [2.75, 3.05) is 13.1 Å². The highest BCUT2D eigenvalue weighted by atomic mass is 32.2. The Balaban J connectivity index is 1.36. The third-order valence-electron chi connectivity index (χ3n) is 5.10. The second-order valence-corrected chi connectivity index (χ2v) is 8.16. The van der Waals surface area contributed by atoms with E-state index in [1.54, 1.807) is 11.8 Å². The van der Waals surface area contributed by atoms with Gasteiger partial charge in [-0.1, -0.05) is 65.4 Å². The van der Waals surface area contributed by atoms with Crippen LogP contribution in [0, 0.1) is 0 Å². The molecule has 0 spiro atoms. The molecule has 0 saturated carbocycles. The van der Waals surface area contributed by atoms with Crippen LogP contribution in [-0.4, -0.2) is 42.9 Å². The van der Waals surface area contributed by atoms with Crippen LogP contribution in [0.4, 0.5) is 0 Å². The fourth-order valence-electron chi connectivity index (χ4n) is 3.62. The van der Waals surface area contributed by atoms with Crippen LogP contribution in [0.15, 0.2) is 70.3 Å². The molecule has 0 N–H and O–H groups in total. The molecule has 0 bridgehead atoms. The molecule has 4 aromatic rings. The molecule has 2 aromatic carbocycles. The van der Waals surface area contributed by atoms with E-state index in [0.29, 0.717) is 17.5 Å². The number of likely N-dealkylation sites (tertiary alicyclic amines) is 1. The number of thioether (sulfide) groups is 1. The predicted octanol–water partition coefficient (Wildman–Crippen LogP) is 4.21. The molecule has 0 radical (unpaired) electrons. The Kier molecular flexibility index (Phi) is 5.58. The van der Waals surface area contributed by atoms with Crippen molar-refractivity contribution in [1.82, 2.24) is 29.8 Å². The van der Waals surface area contributed by atoms with E-state index in [9.17, 15) is 0 Å². The lowest BCUT2D eigenvalue weighted by atomic mass is 10.2. The normalized spacial score (nSPS) is 14.4. The number of hydrogen-bond acceptors (Lipinski definition) is 7. The summed E-state index contributed by atoms with van der Waals surface area (Å²) in [5.74, 6) is 2.67. The number of aromatic nitrogens is 5. The molecule has 2 aromatic heterocycles. The Bertz CT molecular complexity index is 1090. The van der Waals surface area contributed by atoms with Crippen molar-refractivity contribution in [2.45, 2.75) is 30.3 Å². The predicted molar refractivity (Wildman–Crippen MR) is 115 cm³/mol. The van der Waals surface area contributed by atoms with Gasteiger partial charge in [0.2, 0.25) is 11.7 Å². The third kappa shape index (κ3) is 4.15. The summed E-state index contributed by atoms with van der Waals surface area (Å²) >= 11 is 1.56. The van der Waals surface area contributed by atoms with Gasteiger partial charge in [-0.05, 0) is 38.1 Å². The number of benzene rings is 2. The molecule has 30 heavy (non-hydrogen) atoms. The molecule has 3 heterocycles. The maximum absolute atomic E-state index is 5.45. The summed E-state index contributed by atoms with van der Waals surface area (Å²) < 4.78 is 7.59. The first-order valence-electron chi connectivity index (χ1n) is 10.1. The van der Waals surface area contributed by atoms with Crippen LogP contribution in [0.2, 0.25) is 0 Å². The van der Waals surface area contributed by atoms with Crippen molar-refractivity contribution in [3.05, 3.63) is 72.4 Å². The fourth-order valence-corrected chi connectivity index (χ4v) is 4.43. The van der Waals surface area contributed by atoms with Gasteiger partial charge in [0.15, 0.2) is 11.0 Å². The molecule has 0 atom stereocenters. The van der Waals surface area contributed by atoms with E-state index >= 15 is 0 Å². The van der Waals surface area contributed by atoms with Crippen molar-refractivity contribution < 1.29 is 4.52 Å². The van der Waals surface area contributed by atoms with Crippen molar-refractivity contribution in [2.24, 2.45) is 0 Å². The Morgan fingerprint density at radius 3 is 2.40 bits per heavy atom. The smallest absolute Gasteiger partial charge is 0.237 e. The van der Waals surface area contributed by atoms with Gasteiger partial charge in [-0.3, -0.25) is 9.47 Å². The Labute approximate surface area is 179 Å². The summed E-state index contributed by atoms with van der Waals surface area (Å²) in [7, 11) is 0. The van der Waals surface area contributed by atoms with Gasteiger partial charge in [-0.2, -0.15) is 4.98 Å². The average molecular weight is 419 g/mol. The van der Waals surface area contributed by atoms with Crippen LogP contribution < -0.4 is 0 Å². The summed E-state index contributed by atoms with van der Waals surface area (Å²) in [4.78, 5) is 6.96. The highest BCUT2D eigenvalue weighted by molar-refractivity contribution is 7.98. The molecular weight excluding hydrogens is 396 g/mol. The maximum Gasteiger partial charge on any atom is 0.237 e. The number of para-hydroxylation sites is 1. The first-order valence-corrected chi connectivity index (χ1v) is 11.1. The molecule has 7 nitrogen and oxygen atoms in total. The van der Waals surface area contributed by atoms with Crippen LogP contribution in [0.3, 0.4) is 0 Å². The molecule has 1 aliphatic rings. The lowest BCUT2D eigenvalue weighted by molar-refractivity contribution is 0.319. The molecule has 1 fully saturated rings. The molecular formula is C22H22N6OS. The van der Waals surface area contributed by atoms with Gasteiger partial charge in [-0.25, -0.2) is 0 Å². The lowest BCUT2D eigenvalue weighted by Gasteiger charge is -2.15. The van der Waals surface area contributed by atoms with Crippen molar-refractivity contribution in [1.29, 1.82) is 0 Å². The molecule has 152 valence electrons. The Morgan fingerprint density at radius 1 is 0.900 bits per heavy atom. The maximum atomic E-state index is 5.45. The van der Waals surface area contributed by atoms with E-state index in [0.717, 1.165) is 41.9 Å². The molecule has 1 saturated heterocycles. The van der Waals surface area contributed by atoms with Gasteiger partial charge in [-0.15, -0.1) is 10.2 Å². The number of hydrogen-bond donors (Lipinski definition) is 0. The minimum Gasteiger partial charge on any atom is -0.338 e. The van der Waals surface area contributed by atoms with Gasteiger partial charge >= 0.3 is 0 Å². The third-order valence-corrected chi connectivity index (χ3v) is 6.02. The van der Waals surface area contributed by atoms with E-state index in [1.165, 1.54) is 12.8 Å². The second kappa shape index (κ2) is 8.81. The molecule has 0 amide bonds. The first-order chi connectivity index (χ1) is 14.9. The highest BCUT2D eigenvalue weighted by Gasteiger charge is 2.20. The zero-order valence-corrected chi connectivity index (χ0v) is 17.3. The molecule has 5 rings (SSSR count). The quantitative estimate of drug-likeness (QED) is 0.416. The summed E-state index contributed by atoms with van der Waals surface area (Å²) in [6, 6.07) is 20.1. The van der Waals surface area contributed by atoms with Crippen molar-refractivity contribution >= 4 is 11.8 Å². The van der Waals surface area contributed by atoms with Gasteiger partial charge in [0.25, 0.3) is 0 Å². The standard InChI is InChI=1S/C22H22N6OS/c1-3-9-17(10-4-1)21-23-20(29-26-21)16-30-22-25-24-19(15-27-13-7-8-14-27)28(22)18-11-5-2-6-12-18/h1-6,9-12H,7-8,13-16H2. The van der Waals surface area contributed by atoms with Crippen LogP contribution in [-0.2, 0) is 12.3 Å². The second-order valence-electron chi connectivity index (χ2n) is 7.22. The van der Waals surface area contributed by atoms with Gasteiger partial charge < -0.3 is 4.52 Å². The molecule has 8 heteroatoms. The Morgan fingerprint density at radius 2 is 1.63 bits per heavy atom. The summed E-state index contributed by atoms with van der Waals surface area (Å²) in [5, 5.41) is 13.9. The van der Waals surface area contributed by atoms with E-state index in [1.807, 2.05) is 48.5 Å². The molecule has 1 aliphatic heterocycles. The van der Waals surface area contributed by atoms with Crippen molar-refractivity contribution in [3.63, 3.8) is 0 Å².